The highest BCUT2D eigenvalue weighted by Gasteiger charge is 2.13. The first-order valence-corrected chi connectivity index (χ1v) is 7.03. The predicted molar refractivity (Wildman–Crippen MR) is 74.7 cm³/mol. The summed E-state index contributed by atoms with van der Waals surface area (Å²) in [6.07, 6.45) is 2.65. The Kier molecular flexibility index (Phi) is 3.99. The molecular weight excluding hydrogens is 216 g/mol. The molecule has 1 fully saturated rings. The maximum Gasteiger partial charge on any atom is 0.0381 e. The van der Waals surface area contributed by atoms with Gasteiger partial charge in [-0.15, -0.1) is 0 Å². The van der Waals surface area contributed by atoms with Gasteiger partial charge in [0.2, 0.25) is 0 Å². The van der Waals surface area contributed by atoms with Crippen molar-refractivity contribution in [1.82, 2.24) is 0 Å². The van der Waals surface area contributed by atoms with Crippen molar-refractivity contribution in [2.45, 2.75) is 18.9 Å². The molecule has 1 saturated heterocycles. The lowest BCUT2D eigenvalue weighted by Gasteiger charge is -2.24. The summed E-state index contributed by atoms with van der Waals surface area (Å²) in [5, 5.41) is 3.63. The second-order valence-corrected chi connectivity index (χ2v) is 5.65. The van der Waals surface area contributed by atoms with Crippen LogP contribution in [0, 0.1) is 0 Å². The van der Waals surface area contributed by atoms with Crippen LogP contribution in [0.1, 0.15) is 12.8 Å². The van der Waals surface area contributed by atoms with Gasteiger partial charge < -0.3 is 10.2 Å². The Morgan fingerprint density at radius 1 is 1.38 bits per heavy atom. The molecule has 1 aromatic rings. The third kappa shape index (κ3) is 3.08. The summed E-state index contributed by atoms with van der Waals surface area (Å²) in [5.41, 5.74) is 2.51. The fourth-order valence-corrected chi connectivity index (χ4v) is 3.04. The minimum Gasteiger partial charge on any atom is -0.381 e. The van der Waals surface area contributed by atoms with Gasteiger partial charge in [-0.25, -0.2) is 0 Å². The van der Waals surface area contributed by atoms with Crippen molar-refractivity contribution in [3.05, 3.63) is 24.3 Å². The number of hydrogen-bond donors (Lipinski definition) is 1. The summed E-state index contributed by atoms with van der Waals surface area (Å²) in [7, 11) is 4.16. The summed E-state index contributed by atoms with van der Waals surface area (Å²) < 4.78 is 0. The van der Waals surface area contributed by atoms with Crippen LogP contribution in [0.4, 0.5) is 11.4 Å². The Morgan fingerprint density at radius 3 is 2.94 bits per heavy atom. The fraction of sp³-hybridized carbons (Fsp3) is 0.538. The quantitative estimate of drug-likeness (QED) is 0.868. The van der Waals surface area contributed by atoms with Crippen LogP contribution >= 0.6 is 11.8 Å². The molecule has 1 aliphatic rings. The summed E-state index contributed by atoms with van der Waals surface area (Å²) in [6.45, 7) is 0. The maximum absolute atomic E-state index is 3.63. The lowest BCUT2D eigenvalue weighted by molar-refractivity contribution is 0.685. The van der Waals surface area contributed by atoms with Gasteiger partial charge in [0.25, 0.3) is 0 Å². The van der Waals surface area contributed by atoms with E-state index in [1.54, 1.807) is 0 Å². The molecule has 1 heterocycles. The minimum absolute atomic E-state index is 0.649. The van der Waals surface area contributed by atoms with Crippen molar-refractivity contribution in [2.75, 3.05) is 35.8 Å². The Balaban J connectivity index is 2.00. The molecule has 16 heavy (non-hydrogen) atoms. The van der Waals surface area contributed by atoms with Gasteiger partial charge in [0, 0.05) is 37.3 Å². The van der Waals surface area contributed by atoms with E-state index < -0.39 is 0 Å². The van der Waals surface area contributed by atoms with Crippen LogP contribution in [0.5, 0.6) is 0 Å². The van der Waals surface area contributed by atoms with Gasteiger partial charge in [0.1, 0.15) is 0 Å². The first kappa shape index (κ1) is 11.6. The molecule has 3 heteroatoms. The standard InChI is InChI=1S/C13H20N2S/c1-15(2)13-7-3-5-11(9-13)14-12-6-4-8-16-10-12/h3,5,7,9,12,14H,4,6,8,10H2,1-2H3. The van der Waals surface area contributed by atoms with Crippen LogP contribution in [-0.4, -0.2) is 31.6 Å². The molecule has 1 N–H and O–H groups in total. The summed E-state index contributed by atoms with van der Waals surface area (Å²) in [5.74, 6) is 2.57. The van der Waals surface area contributed by atoms with E-state index in [1.807, 2.05) is 0 Å². The molecule has 0 radical (unpaired) electrons. The zero-order valence-electron chi connectivity index (χ0n) is 10.1. The monoisotopic (exact) mass is 236 g/mol. The zero-order chi connectivity index (χ0) is 11.4. The molecule has 1 atom stereocenters. The normalized spacial score (nSPS) is 20.5. The van der Waals surface area contributed by atoms with Gasteiger partial charge in [0.15, 0.2) is 0 Å². The Morgan fingerprint density at radius 2 is 2.25 bits per heavy atom. The molecule has 0 saturated carbocycles. The van der Waals surface area contributed by atoms with Gasteiger partial charge >= 0.3 is 0 Å². The molecule has 0 spiro atoms. The van der Waals surface area contributed by atoms with Gasteiger partial charge in [-0.05, 0) is 36.8 Å². The maximum atomic E-state index is 3.63. The van der Waals surface area contributed by atoms with E-state index in [1.165, 1.54) is 35.7 Å². The van der Waals surface area contributed by atoms with Crippen LogP contribution in [0.25, 0.3) is 0 Å². The van der Waals surface area contributed by atoms with E-state index in [0.717, 1.165) is 0 Å². The molecule has 0 aromatic heterocycles. The molecular formula is C13H20N2S. The van der Waals surface area contributed by atoms with Crippen LogP contribution in [-0.2, 0) is 0 Å². The smallest absolute Gasteiger partial charge is 0.0381 e. The van der Waals surface area contributed by atoms with Crippen LogP contribution in [0.2, 0.25) is 0 Å². The molecule has 2 rings (SSSR count). The topological polar surface area (TPSA) is 15.3 Å². The first-order chi connectivity index (χ1) is 7.75. The Hall–Kier alpha value is -0.830. The first-order valence-electron chi connectivity index (χ1n) is 5.87. The van der Waals surface area contributed by atoms with Crippen molar-refractivity contribution in [3.63, 3.8) is 0 Å². The third-order valence-corrected chi connectivity index (χ3v) is 4.11. The average molecular weight is 236 g/mol. The number of thioether (sulfide) groups is 1. The minimum atomic E-state index is 0.649. The molecule has 88 valence electrons. The molecule has 1 unspecified atom stereocenters. The molecule has 1 aliphatic heterocycles. The number of benzene rings is 1. The van der Waals surface area contributed by atoms with E-state index in [0.29, 0.717) is 6.04 Å². The largest absolute Gasteiger partial charge is 0.381 e. The Labute approximate surface area is 102 Å². The van der Waals surface area contributed by atoms with Crippen molar-refractivity contribution < 1.29 is 0 Å². The second-order valence-electron chi connectivity index (χ2n) is 4.50. The van der Waals surface area contributed by atoms with Crippen molar-refractivity contribution in [3.8, 4) is 0 Å². The number of rotatable bonds is 3. The SMILES string of the molecule is CN(C)c1cccc(NC2CCCSC2)c1. The highest BCUT2D eigenvalue weighted by atomic mass is 32.2. The number of anilines is 2. The van der Waals surface area contributed by atoms with Crippen LogP contribution in [0.15, 0.2) is 24.3 Å². The number of hydrogen-bond acceptors (Lipinski definition) is 3. The molecule has 0 amide bonds. The summed E-state index contributed by atoms with van der Waals surface area (Å²) in [4.78, 5) is 2.14. The summed E-state index contributed by atoms with van der Waals surface area (Å²) >= 11 is 2.06. The van der Waals surface area contributed by atoms with E-state index in [4.69, 9.17) is 0 Å². The van der Waals surface area contributed by atoms with Crippen molar-refractivity contribution in [1.29, 1.82) is 0 Å². The van der Waals surface area contributed by atoms with Gasteiger partial charge in [-0.1, -0.05) is 6.07 Å². The van der Waals surface area contributed by atoms with E-state index in [9.17, 15) is 0 Å². The fourth-order valence-electron chi connectivity index (χ4n) is 1.96. The van der Waals surface area contributed by atoms with E-state index in [-0.39, 0.29) is 0 Å². The van der Waals surface area contributed by atoms with Crippen LogP contribution < -0.4 is 10.2 Å². The van der Waals surface area contributed by atoms with Gasteiger partial charge in [0.05, 0.1) is 0 Å². The van der Waals surface area contributed by atoms with E-state index in [2.05, 4.69) is 60.3 Å². The molecule has 2 nitrogen and oxygen atoms in total. The summed E-state index contributed by atoms with van der Waals surface area (Å²) in [6, 6.07) is 9.29. The molecule has 0 bridgehead atoms. The average Bonchev–Trinajstić information content (AvgIpc) is 2.30. The van der Waals surface area contributed by atoms with Crippen molar-refractivity contribution >= 4 is 23.1 Å². The number of nitrogens with one attached hydrogen (secondary N) is 1. The third-order valence-electron chi connectivity index (χ3n) is 2.89. The lowest BCUT2D eigenvalue weighted by Crippen LogP contribution is -2.25. The highest BCUT2D eigenvalue weighted by molar-refractivity contribution is 7.99. The van der Waals surface area contributed by atoms with Crippen LogP contribution in [0.3, 0.4) is 0 Å². The zero-order valence-corrected chi connectivity index (χ0v) is 10.9. The molecule has 1 aromatic carbocycles. The highest BCUT2D eigenvalue weighted by Crippen LogP contribution is 2.23. The van der Waals surface area contributed by atoms with E-state index >= 15 is 0 Å². The number of nitrogens with zero attached hydrogens (tertiary/aromatic N) is 1. The Bertz CT molecular complexity index is 332. The predicted octanol–water partition coefficient (Wildman–Crippen LogP) is 3.06. The van der Waals surface area contributed by atoms with Crippen molar-refractivity contribution in [2.24, 2.45) is 0 Å². The lowest BCUT2D eigenvalue weighted by atomic mass is 10.1. The second kappa shape index (κ2) is 5.48. The molecule has 0 aliphatic carbocycles. The van der Waals surface area contributed by atoms with Gasteiger partial charge in [-0.2, -0.15) is 11.8 Å². The van der Waals surface area contributed by atoms with Gasteiger partial charge in [-0.3, -0.25) is 0 Å².